The molecule has 0 aromatic heterocycles. The number of ether oxygens (including phenoxy) is 1. The summed E-state index contributed by atoms with van der Waals surface area (Å²) in [4.78, 5) is 2.58. The highest BCUT2D eigenvalue weighted by Gasteiger charge is 2.39. The molecule has 2 nitrogen and oxygen atoms in total. The lowest BCUT2D eigenvalue weighted by Crippen LogP contribution is -2.42. The lowest BCUT2D eigenvalue weighted by Gasteiger charge is -2.41. The van der Waals surface area contributed by atoms with Crippen LogP contribution in [0.25, 0.3) is 5.57 Å². The van der Waals surface area contributed by atoms with E-state index in [1.807, 2.05) is 0 Å². The third-order valence-corrected chi connectivity index (χ3v) is 5.27. The van der Waals surface area contributed by atoms with Gasteiger partial charge < -0.3 is 9.64 Å². The second-order valence-corrected chi connectivity index (χ2v) is 6.92. The summed E-state index contributed by atoms with van der Waals surface area (Å²) in [5.41, 5.74) is 6.80. The zero-order chi connectivity index (χ0) is 16.0. The standard InChI is InChI=1S/C21H23NO/c1-15-5-10-20-18(13-15)19(14-21(2)11-4-12-22(20)21)16-6-8-17(23-3)9-7-16/h5-10,13-14H,4,11-12H2,1-3H3. The minimum atomic E-state index is 0.136. The molecule has 2 aliphatic heterocycles. The van der Waals surface area contributed by atoms with Crippen molar-refractivity contribution in [3.63, 3.8) is 0 Å². The summed E-state index contributed by atoms with van der Waals surface area (Å²) in [6, 6.07) is 15.3. The first-order valence-electron chi connectivity index (χ1n) is 8.37. The van der Waals surface area contributed by atoms with Crippen molar-refractivity contribution in [3.8, 4) is 5.75 Å². The monoisotopic (exact) mass is 305 g/mol. The maximum atomic E-state index is 5.31. The Balaban J connectivity index is 1.90. The van der Waals surface area contributed by atoms with Gasteiger partial charge in [-0.1, -0.05) is 29.8 Å². The van der Waals surface area contributed by atoms with Crippen molar-refractivity contribution >= 4 is 11.3 Å². The average molecular weight is 305 g/mol. The predicted octanol–water partition coefficient (Wildman–Crippen LogP) is 4.81. The fourth-order valence-corrected chi connectivity index (χ4v) is 4.03. The molecule has 1 atom stereocenters. The number of nitrogens with zero attached hydrogens (tertiary/aromatic N) is 1. The van der Waals surface area contributed by atoms with Crippen molar-refractivity contribution in [1.82, 2.24) is 0 Å². The molecule has 2 heteroatoms. The molecular weight excluding hydrogens is 282 g/mol. The summed E-state index contributed by atoms with van der Waals surface area (Å²) < 4.78 is 5.31. The van der Waals surface area contributed by atoms with Crippen LogP contribution in [-0.4, -0.2) is 19.2 Å². The van der Waals surface area contributed by atoms with Crippen LogP contribution in [0.15, 0.2) is 48.5 Å². The van der Waals surface area contributed by atoms with E-state index in [-0.39, 0.29) is 5.54 Å². The highest BCUT2D eigenvalue weighted by molar-refractivity contribution is 5.91. The molecule has 2 aromatic rings. The topological polar surface area (TPSA) is 12.5 Å². The number of methoxy groups -OCH3 is 1. The lowest BCUT2D eigenvalue weighted by molar-refractivity contribution is 0.415. The molecule has 1 unspecified atom stereocenters. The fourth-order valence-electron chi connectivity index (χ4n) is 4.03. The molecular formula is C21H23NO. The minimum absolute atomic E-state index is 0.136. The highest BCUT2D eigenvalue weighted by Crippen LogP contribution is 2.46. The second kappa shape index (κ2) is 5.16. The first-order chi connectivity index (χ1) is 11.1. The number of hydrogen-bond donors (Lipinski definition) is 0. The summed E-state index contributed by atoms with van der Waals surface area (Å²) in [7, 11) is 1.71. The molecule has 0 radical (unpaired) electrons. The molecule has 23 heavy (non-hydrogen) atoms. The molecule has 0 spiro atoms. The van der Waals surface area contributed by atoms with Crippen molar-refractivity contribution in [2.75, 3.05) is 18.6 Å². The van der Waals surface area contributed by atoms with Gasteiger partial charge in [0.15, 0.2) is 0 Å². The Morgan fingerprint density at radius 3 is 2.61 bits per heavy atom. The Hall–Kier alpha value is -2.22. The minimum Gasteiger partial charge on any atom is -0.497 e. The van der Waals surface area contributed by atoms with Crippen molar-refractivity contribution in [3.05, 3.63) is 65.2 Å². The van der Waals surface area contributed by atoms with E-state index in [9.17, 15) is 0 Å². The summed E-state index contributed by atoms with van der Waals surface area (Å²) >= 11 is 0. The maximum absolute atomic E-state index is 5.31. The SMILES string of the molecule is COc1ccc(C2=CC3(C)CCCN3c3ccc(C)cc32)cc1. The first-order valence-corrected chi connectivity index (χ1v) is 8.37. The fraction of sp³-hybridized carbons (Fsp3) is 0.333. The molecule has 0 N–H and O–H groups in total. The van der Waals surface area contributed by atoms with E-state index < -0.39 is 0 Å². The molecule has 0 aliphatic carbocycles. The van der Waals surface area contributed by atoms with Gasteiger partial charge in [0.05, 0.1) is 12.6 Å². The third kappa shape index (κ3) is 2.24. The molecule has 1 fully saturated rings. The number of aryl methyl sites for hydroxylation is 1. The molecule has 0 amide bonds. The molecule has 4 rings (SSSR count). The first kappa shape index (κ1) is 14.4. The Morgan fingerprint density at radius 2 is 1.87 bits per heavy atom. The molecule has 2 heterocycles. The van der Waals surface area contributed by atoms with Crippen LogP contribution in [-0.2, 0) is 0 Å². The van der Waals surface area contributed by atoms with Crippen LogP contribution in [0.5, 0.6) is 5.75 Å². The van der Waals surface area contributed by atoms with Crippen LogP contribution in [0, 0.1) is 6.92 Å². The summed E-state index contributed by atoms with van der Waals surface area (Å²) in [6.07, 6.45) is 4.96. The van der Waals surface area contributed by atoms with Crippen LogP contribution in [0.2, 0.25) is 0 Å². The van der Waals surface area contributed by atoms with Crippen LogP contribution in [0.4, 0.5) is 5.69 Å². The molecule has 0 bridgehead atoms. The lowest BCUT2D eigenvalue weighted by atomic mass is 9.84. The zero-order valence-corrected chi connectivity index (χ0v) is 14.1. The van der Waals surface area contributed by atoms with E-state index in [0.717, 1.165) is 12.3 Å². The molecule has 0 saturated carbocycles. The van der Waals surface area contributed by atoms with Gasteiger partial charge in [-0.25, -0.2) is 0 Å². The van der Waals surface area contributed by atoms with Gasteiger partial charge in [-0.05, 0) is 62.1 Å². The predicted molar refractivity (Wildman–Crippen MR) is 96.2 cm³/mol. The van der Waals surface area contributed by atoms with Crippen LogP contribution >= 0.6 is 0 Å². The Labute approximate surface area is 138 Å². The maximum Gasteiger partial charge on any atom is 0.118 e. The van der Waals surface area contributed by atoms with E-state index >= 15 is 0 Å². The quantitative estimate of drug-likeness (QED) is 0.789. The van der Waals surface area contributed by atoms with Crippen LogP contribution in [0.3, 0.4) is 0 Å². The molecule has 2 aliphatic rings. The second-order valence-electron chi connectivity index (χ2n) is 6.92. The van der Waals surface area contributed by atoms with Gasteiger partial charge >= 0.3 is 0 Å². The van der Waals surface area contributed by atoms with Gasteiger partial charge in [0.25, 0.3) is 0 Å². The van der Waals surface area contributed by atoms with Gasteiger partial charge in [0, 0.05) is 17.8 Å². The van der Waals surface area contributed by atoms with Crippen LogP contribution in [0.1, 0.15) is 36.5 Å². The molecule has 118 valence electrons. The number of fused-ring (bicyclic) bond motifs is 3. The highest BCUT2D eigenvalue weighted by atomic mass is 16.5. The van der Waals surface area contributed by atoms with E-state index in [1.54, 1.807) is 7.11 Å². The third-order valence-electron chi connectivity index (χ3n) is 5.27. The van der Waals surface area contributed by atoms with Gasteiger partial charge in [0.2, 0.25) is 0 Å². The van der Waals surface area contributed by atoms with E-state index in [1.165, 1.54) is 40.8 Å². The van der Waals surface area contributed by atoms with Crippen molar-refractivity contribution in [1.29, 1.82) is 0 Å². The van der Waals surface area contributed by atoms with Crippen molar-refractivity contribution < 1.29 is 4.74 Å². The summed E-state index contributed by atoms with van der Waals surface area (Å²) in [5.74, 6) is 0.906. The smallest absolute Gasteiger partial charge is 0.118 e. The van der Waals surface area contributed by atoms with Crippen LogP contribution < -0.4 is 9.64 Å². The zero-order valence-electron chi connectivity index (χ0n) is 14.1. The van der Waals surface area contributed by atoms with Gasteiger partial charge in [0.1, 0.15) is 5.75 Å². The summed E-state index contributed by atoms with van der Waals surface area (Å²) in [5, 5.41) is 0. The van der Waals surface area contributed by atoms with Gasteiger partial charge in [-0.2, -0.15) is 0 Å². The molecule has 2 aromatic carbocycles. The molecule has 1 saturated heterocycles. The van der Waals surface area contributed by atoms with Crippen molar-refractivity contribution in [2.45, 2.75) is 32.2 Å². The normalized spacial score (nSPS) is 22.4. The number of rotatable bonds is 2. The number of benzene rings is 2. The Bertz CT molecular complexity index is 775. The van der Waals surface area contributed by atoms with E-state index in [4.69, 9.17) is 4.74 Å². The Morgan fingerprint density at radius 1 is 1.09 bits per heavy atom. The van der Waals surface area contributed by atoms with Gasteiger partial charge in [-0.15, -0.1) is 0 Å². The summed E-state index contributed by atoms with van der Waals surface area (Å²) in [6.45, 7) is 5.69. The number of hydrogen-bond acceptors (Lipinski definition) is 2. The average Bonchev–Trinajstić information content (AvgIpc) is 2.96. The Kier molecular flexibility index (Phi) is 3.22. The van der Waals surface area contributed by atoms with Crippen molar-refractivity contribution in [2.24, 2.45) is 0 Å². The largest absolute Gasteiger partial charge is 0.497 e. The number of anilines is 1. The van der Waals surface area contributed by atoms with E-state index in [2.05, 4.69) is 67.3 Å². The van der Waals surface area contributed by atoms with Gasteiger partial charge in [-0.3, -0.25) is 0 Å². The van der Waals surface area contributed by atoms with E-state index in [0.29, 0.717) is 0 Å².